The Labute approximate surface area is 164 Å². The number of carbonyl (C=O) groups excluding carboxylic acids is 1. The zero-order valence-corrected chi connectivity index (χ0v) is 15.7. The second-order valence-electron chi connectivity index (χ2n) is 6.74. The van der Waals surface area contributed by atoms with Crippen LogP contribution in [0, 0.1) is 0 Å². The number of hydrogen-bond acceptors (Lipinski definition) is 7. The van der Waals surface area contributed by atoms with Crippen LogP contribution in [0.5, 0.6) is 28.7 Å². The van der Waals surface area contributed by atoms with Crippen molar-refractivity contribution in [3.05, 3.63) is 51.8 Å². The number of H-pyrrole nitrogens is 1. The molecule has 2 aliphatic heterocycles. The smallest absolute Gasteiger partial charge is 0.312 e. The highest BCUT2D eigenvalue weighted by Gasteiger charge is 2.37. The van der Waals surface area contributed by atoms with Crippen LogP contribution in [0.15, 0.2) is 35.1 Å². The maximum absolute atomic E-state index is 13.0. The molecular formula is C21H17NO7. The average Bonchev–Trinajstić information content (AvgIpc) is 3.20. The zero-order chi connectivity index (χ0) is 20.1. The first-order chi connectivity index (χ1) is 14.1. The summed E-state index contributed by atoms with van der Waals surface area (Å²) in [4.78, 5) is 28.3. The Kier molecular flexibility index (Phi) is 3.87. The standard InChI is InChI=1S/C21H17NO7/c1-25-18-12(7-14-19(20(18)26-2)28-9-27-14)11-8-15(23)29-17-10-5-3-4-6-13(10)22-21(24)16(11)17/h3-7,11H,8-9H2,1-2H3,(H,22,24)/t11-/m0/s1. The molecule has 0 fully saturated rings. The monoisotopic (exact) mass is 395 g/mol. The molecule has 1 N–H and O–H groups in total. The summed E-state index contributed by atoms with van der Waals surface area (Å²) in [6.45, 7) is 0.0484. The third-order valence-corrected chi connectivity index (χ3v) is 5.23. The molecule has 2 aliphatic rings. The first kappa shape index (κ1) is 17.4. The summed E-state index contributed by atoms with van der Waals surface area (Å²) in [6.07, 6.45) is -0.0203. The molecule has 5 rings (SSSR count). The second-order valence-corrected chi connectivity index (χ2v) is 6.74. The van der Waals surface area contributed by atoms with E-state index in [4.69, 9.17) is 23.7 Å². The number of hydrogen-bond donors (Lipinski definition) is 1. The van der Waals surface area contributed by atoms with Crippen LogP contribution in [0.4, 0.5) is 0 Å². The van der Waals surface area contributed by atoms with Crippen LogP contribution in [0.1, 0.15) is 23.5 Å². The lowest BCUT2D eigenvalue weighted by Gasteiger charge is -2.27. The van der Waals surface area contributed by atoms with Gasteiger partial charge in [0.2, 0.25) is 18.3 Å². The van der Waals surface area contributed by atoms with Gasteiger partial charge in [0.25, 0.3) is 5.56 Å². The molecular weight excluding hydrogens is 378 g/mol. The minimum atomic E-state index is -0.599. The van der Waals surface area contributed by atoms with Gasteiger partial charge in [-0.2, -0.15) is 0 Å². The summed E-state index contributed by atoms with van der Waals surface area (Å²) in [5.41, 5.74) is 1.23. The summed E-state index contributed by atoms with van der Waals surface area (Å²) in [5, 5.41) is 0.659. The molecule has 0 saturated carbocycles. The Bertz CT molecular complexity index is 1210. The molecule has 0 aliphatic carbocycles. The van der Waals surface area contributed by atoms with Crippen molar-refractivity contribution in [1.29, 1.82) is 0 Å². The Morgan fingerprint density at radius 2 is 1.83 bits per heavy atom. The summed E-state index contributed by atoms with van der Waals surface area (Å²) in [6, 6.07) is 8.92. The fourth-order valence-electron chi connectivity index (χ4n) is 4.01. The van der Waals surface area contributed by atoms with Gasteiger partial charge >= 0.3 is 5.97 Å². The molecule has 1 atom stereocenters. The first-order valence-electron chi connectivity index (χ1n) is 9.02. The zero-order valence-electron chi connectivity index (χ0n) is 15.7. The van der Waals surface area contributed by atoms with Gasteiger partial charge in [0.05, 0.1) is 31.7 Å². The summed E-state index contributed by atoms with van der Waals surface area (Å²) >= 11 is 0. The van der Waals surface area contributed by atoms with E-state index in [-0.39, 0.29) is 24.5 Å². The molecule has 148 valence electrons. The van der Waals surface area contributed by atoms with E-state index in [1.54, 1.807) is 24.3 Å². The lowest BCUT2D eigenvalue weighted by molar-refractivity contribution is -0.135. The number of carbonyl (C=O) groups is 1. The van der Waals surface area contributed by atoms with Gasteiger partial charge in [-0.05, 0) is 18.2 Å². The van der Waals surface area contributed by atoms with Gasteiger partial charge in [0.1, 0.15) is 5.75 Å². The number of para-hydroxylation sites is 1. The van der Waals surface area contributed by atoms with E-state index >= 15 is 0 Å². The highest BCUT2D eigenvalue weighted by molar-refractivity contribution is 5.91. The molecule has 29 heavy (non-hydrogen) atoms. The van der Waals surface area contributed by atoms with Crippen molar-refractivity contribution in [1.82, 2.24) is 4.98 Å². The van der Waals surface area contributed by atoms with Crippen LogP contribution in [-0.4, -0.2) is 32.0 Å². The molecule has 3 aromatic rings. The van der Waals surface area contributed by atoms with Crippen LogP contribution < -0.4 is 29.2 Å². The highest BCUT2D eigenvalue weighted by atomic mass is 16.7. The second kappa shape index (κ2) is 6.44. The van der Waals surface area contributed by atoms with Crippen molar-refractivity contribution in [3.63, 3.8) is 0 Å². The van der Waals surface area contributed by atoms with E-state index < -0.39 is 11.9 Å². The Morgan fingerprint density at radius 1 is 1.03 bits per heavy atom. The van der Waals surface area contributed by atoms with Crippen LogP contribution in [0.25, 0.3) is 10.9 Å². The van der Waals surface area contributed by atoms with Gasteiger partial charge in [0.15, 0.2) is 11.5 Å². The number of fused-ring (bicyclic) bond motifs is 4. The van der Waals surface area contributed by atoms with Crippen molar-refractivity contribution >= 4 is 16.9 Å². The Morgan fingerprint density at radius 3 is 2.62 bits per heavy atom. The number of methoxy groups -OCH3 is 2. The van der Waals surface area contributed by atoms with E-state index in [0.29, 0.717) is 45.0 Å². The maximum Gasteiger partial charge on any atom is 0.312 e. The average molecular weight is 395 g/mol. The van der Waals surface area contributed by atoms with Crippen molar-refractivity contribution in [2.75, 3.05) is 21.0 Å². The molecule has 8 heteroatoms. The predicted molar refractivity (Wildman–Crippen MR) is 102 cm³/mol. The van der Waals surface area contributed by atoms with Crippen LogP contribution in [0.2, 0.25) is 0 Å². The van der Waals surface area contributed by atoms with Crippen molar-refractivity contribution in [2.24, 2.45) is 0 Å². The van der Waals surface area contributed by atoms with Crippen LogP contribution in [-0.2, 0) is 4.79 Å². The first-order valence-corrected chi connectivity index (χ1v) is 9.02. The number of esters is 1. The molecule has 0 saturated heterocycles. The number of aromatic amines is 1. The molecule has 0 bridgehead atoms. The van der Waals surface area contributed by atoms with Crippen LogP contribution >= 0.6 is 0 Å². The number of rotatable bonds is 3. The lowest BCUT2D eigenvalue weighted by Crippen LogP contribution is -2.28. The number of nitrogens with one attached hydrogen (secondary N) is 1. The molecule has 1 aromatic heterocycles. The highest BCUT2D eigenvalue weighted by Crippen LogP contribution is 2.53. The Balaban J connectivity index is 1.81. The molecule has 0 unspecified atom stereocenters. The van der Waals surface area contributed by atoms with Gasteiger partial charge in [-0.1, -0.05) is 12.1 Å². The summed E-state index contributed by atoms with van der Waals surface area (Å²) in [5.74, 6) is 0.874. The fourth-order valence-corrected chi connectivity index (χ4v) is 4.01. The minimum absolute atomic E-state index is 0.0203. The van der Waals surface area contributed by atoms with Crippen molar-refractivity contribution < 1.29 is 28.5 Å². The molecule has 0 radical (unpaired) electrons. The van der Waals surface area contributed by atoms with Crippen LogP contribution in [0.3, 0.4) is 0 Å². The number of ether oxygens (including phenoxy) is 5. The van der Waals surface area contributed by atoms with Crippen molar-refractivity contribution in [3.8, 4) is 28.7 Å². The van der Waals surface area contributed by atoms with E-state index in [2.05, 4.69) is 4.98 Å². The van der Waals surface area contributed by atoms with Gasteiger partial charge in [-0.25, -0.2) is 0 Å². The van der Waals surface area contributed by atoms with Gasteiger partial charge in [-0.15, -0.1) is 0 Å². The predicted octanol–water partition coefficient (Wildman–Crippen LogP) is 2.72. The summed E-state index contributed by atoms with van der Waals surface area (Å²) in [7, 11) is 2.99. The minimum Gasteiger partial charge on any atom is -0.492 e. The number of benzene rings is 2. The van der Waals surface area contributed by atoms with E-state index in [1.807, 2.05) is 6.07 Å². The molecule has 2 aromatic carbocycles. The Hall–Kier alpha value is -3.68. The normalized spacial score (nSPS) is 17.0. The topological polar surface area (TPSA) is 96.1 Å². The van der Waals surface area contributed by atoms with E-state index in [0.717, 1.165) is 0 Å². The van der Waals surface area contributed by atoms with E-state index in [1.165, 1.54) is 14.2 Å². The van der Waals surface area contributed by atoms with E-state index in [9.17, 15) is 9.59 Å². The van der Waals surface area contributed by atoms with Gasteiger partial charge in [-0.3, -0.25) is 9.59 Å². The number of aromatic nitrogens is 1. The SMILES string of the molecule is COc1c([C@@H]2CC(=O)Oc3c2c(=O)[nH]c2ccccc32)cc2c(c1OC)OCO2. The molecule has 0 spiro atoms. The number of pyridine rings is 1. The largest absolute Gasteiger partial charge is 0.492 e. The molecule has 8 nitrogen and oxygen atoms in total. The third-order valence-electron chi connectivity index (χ3n) is 5.23. The van der Waals surface area contributed by atoms with Crippen molar-refractivity contribution in [2.45, 2.75) is 12.3 Å². The maximum atomic E-state index is 13.0. The molecule has 0 amide bonds. The molecule has 3 heterocycles. The summed E-state index contributed by atoms with van der Waals surface area (Å²) < 4.78 is 27.6. The fraction of sp³-hybridized carbons (Fsp3) is 0.238. The third kappa shape index (κ3) is 2.52. The lowest BCUT2D eigenvalue weighted by atomic mass is 9.85. The van der Waals surface area contributed by atoms with Gasteiger partial charge < -0.3 is 28.7 Å². The quantitative estimate of drug-likeness (QED) is 0.681. The van der Waals surface area contributed by atoms with Gasteiger partial charge in [0, 0.05) is 16.9 Å².